The lowest BCUT2D eigenvalue weighted by atomic mass is 9.79. The van der Waals surface area contributed by atoms with Gasteiger partial charge >= 0.3 is 0 Å². The van der Waals surface area contributed by atoms with Crippen LogP contribution in [0.5, 0.6) is 0 Å². The van der Waals surface area contributed by atoms with Gasteiger partial charge in [0.15, 0.2) is 0 Å². The molecule has 1 aromatic carbocycles. The minimum atomic E-state index is -0.283. The molecule has 0 amide bonds. The standard InChI is InChI=1S/C14H21ClFN/c1-5-14(2,3)13(17-4)8-10-6-7-11(16)9-12(10)15/h6-7,9,13,17H,5,8H2,1-4H3. The van der Waals surface area contributed by atoms with E-state index in [0.717, 1.165) is 18.4 Å². The summed E-state index contributed by atoms with van der Waals surface area (Å²) in [5.41, 5.74) is 1.18. The summed E-state index contributed by atoms with van der Waals surface area (Å²) in [4.78, 5) is 0. The Kier molecular flexibility index (Phi) is 4.96. The first-order valence-corrected chi connectivity index (χ1v) is 6.39. The third-order valence-corrected chi connectivity index (χ3v) is 3.99. The maximum Gasteiger partial charge on any atom is 0.124 e. The zero-order chi connectivity index (χ0) is 13.1. The van der Waals surface area contributed by atoms with E-state index in [1.54, 1.807) is 6.07 Å². The van der Waals surface area contributed by atoms with Crippen LogP contribution >= 0.6 is 11.6 Å². The van der Waals surface area contributed by atoms with Gasteiger partial charge in [-0.15, -0.1) is 0 Å². The molecule has 0 aromatic heterocycles. The molecule has 17 heavy (non-hydrogen) atoms. The summed E-state index contributed by atoms with van der Waals surface area (Å²) in [5, 5.41) is 3.84. The van der Waals surface area contributed by atoms with Crippen LogP contribution in [-0.2, 0) is 6.42 Å². The van der Waals surface area contributed by atoms with Crippen molar-refractivity contribution in [2.45, 2.75) is 39.7 Å². The van der Waals surface area contributed by atoms with Crippen LogP contribution in [0.3, 0.4) is 0 Å². The zero-order valence-electron chi connectivity index (χ0n) is 11.0. The first kappa shape index (κ1) is 14.5. The normalized spacial score (nSPS) is 13.8. The third-order valence-electron chi connectivity index (χ3n) is 3.64. The van der Waals surface area contributed by atoms with Gasteiger partial charge in [0.1, 0.15) is 5.82 Å². The van der Waals surface area contributed by atoms with Gasteiger partial charge in [-0.25, -0.2) is 4.39 Å². The van der Waals surface area contributed by atoms with Gasteiger partial charge < -0.3 is 5.32 Å². The van der Waals surface area contributed by atoms with Crippen molar-refractivity contribution in [1.82, 2.24) is 5.32 Å². The Balaban J connectivity index is 2.88. The first-order chi connectivity index (χ1) is 7.90. The molecule has 96 valence electrons. The highest BCUT2D eigenvalue weighted by Gasteiger charge is 2.26. The van der Waals surface area contributed by atoms with Crippen molar-refractivity contribution in [3.05, 3.63) is 34.6 Å². The highest BCUT2D eigenvalue weighted by Crippen LogP contribution is 2.29. The van der Waals surface area contributed by atoms with Crippen molar-refractivity contribution in [1.29, 1.82) is 0 Å². The molecule has 0 radical (unpaired) electrons. The lowest BCUT2D eigenvalue weighted by molar-refractivity contribution is 0.240. The molecule has 1 nitrogen and oxygen atoms in total. The van der Waals surface area contributed by atoms with E-state index in [-0.39, 0.29) is 11.2 Å². The Bertz CT molecular complexity index is 376. The number of benzene rings is 1. The Morgan fingerprint density at radius 1 is 1.41 bits per heavy atom. The van der Waals surface area contributed by atoms with Crippen LogP contribution in [0.1, 0.15) is 32.8 Å². The van der Waals surface area contributed by atoms with Crippen LogP contribution in [-0.4, -0.2) is 13.1 Å². The van der Waals surface area contributed by atoms with Gasteiger partial charge in [-0.2, -0.15) is 0 Å². The smallest absolute Gasteiger partial charge is 0.124 e. The second-order valence-electron chi connectivity index (χ2n) is 5.12. The van der Waals surface area contributed by atoms with E-state index < -0.39 is 0 Å². The monoisotopic (exact) mass is 257 g/mol. The number of nitrogens with one attached hydrogen (secondary N) is 1. The van der Waals surface area contributed by atoms with Gasteiger partial charge in [0.25, 0.3) is 0 Å². The predicted octanol–water partition coefficient (Wildman–Crippen LogP) is 4.05. The number of hydrogen-bond donors (Lipinski definition) is 1. The molecule has 0 aliphatic heterocycles. The van der Waals surface area contributed by atoms with Gasteiger partial charge in [0.05, 0.1) is 0 Å². The second-order valence-corrected chi connectivity index (χ2v) is 5.53. The van der Waals surface area contributed by atoms with Crippen LogP contribution < -0.4 is 5.32 Å². The topological polar surface area (TPSA) is 12.0 Å². The van der Waals surface area contributed by atoms with Crippen LogP contribution in [0, 0.1) is 11.2 Å². The summed E-state index contributed by atoms with van der Waals surface area (Å²) >= 11 is 6.06. The maximum atomic E-state index is 13.0. The SMILES string of the molecule is CCC(C)(C)C(Cc1ccc(F)cc1Cl)NC. The molecule has 0 bridgehead atoms. The van der Waals surface area contributed by atoms with Crippen molar-refractivity contribution in [3.8, 4) is 0 Å². The van der Waals surface area contributed by atoms with Gasteiger partial charge in [0.2, 0.25) is 0 Å². The van der Waals surface area contributed by atoms with E-state index in [1.165, 1.54) is 12.1 Å². The largest absolute Gasteiger partial charge is 0.316 e. The van der Waals surface area contributed by atoms with E-state index in [0.29, 0.717) is 11.1 Å². The molecule has 1 aromatic rings. The van der Waals surface area contributed by atoms with Crippen molar-refractivity contribution in [2.24, 2.45) is 5.41 Å². The van der Waals surface area contributed by atoms with Crippen molar-refractivity contribution in [3.63, 3.8) is 0 Å². The van der Waals surface area contributed by atoms with E-state index in [2.05, 4.69) is 26.1 Å². The molecule has 0 fully saturated rings. The summed E-state index contributed by atoms with van der Waals surface area (Å²) in [6.45, 7) is 6.63. The molecule has 3 heteroatoms. The molecule has 1 rings (SSSR count). The van der Waals surface area contributed by atoms with Gasteiger partial charge in [-0.1, -0.05) is 38.4 Å². The highest BCUT2D eigenvalue weighted by molar-refractivity contribution is 6.31. The van der Waals surface area contributed by atoms with Gasteiger partial charge in [0, 0.05) is 11.1 Å². The Labute approximate surface area is 108 Å². The highest BCUT2D eigenvalue weighted by atomic mass is 35.5. The Hall–Kier alpha value is -0.600. The molecule has 1 atom stereocenters. The number of likely N-dealkylation sites (N-methyl/N-ethyl adjacent to an activating group) is 1. The van der Waals surface area contributed by atoms with Crippen LogP contribution in [0.2, 0.25) is 5.02 Å². The molecule has 0 spiro atoms. The van der Waals surface area contributed by atoms with E-state index >= 15 is 0 Å². The van der Waals surface area contributed by atoms with E-state index in [9.17, 15) is 4.39 Å². The molecule has 0 heterocycles. The van der Waals surface area contributed by atoms with Crippen molar-refractivity contribution in [2.75, 3.05) is 7.05 Å². The molecule has 0 saturated carbocycles. The summed E-state index contributed by atoms with van der Waals surface area (Å²) in [7, 11) is 1.96. The van der Waals surface area contributed by atoms with Gasteiger partial charge in [-0.05, 0) is 43.0 Å². The maximum absolute atomic E-state index is 13.0. The molecular formula is C14H21ClFN. The van der Waals surface area contributed by atoms with Crippen molar-refractivity contribution >= 4 is 11.6 Å². The summed E-state index contributed by atoms with van der Waals surface area (Å²) < 4.78 is 13.0. The lowest BCUT2D eigenvalue weighted by Crippen LogP contribution is -2.41. The molecule has 1 N–H and O–H groups in total. The minimum Gasteiger partial charge on any atom is -0.316 e. The zero-order valence-corrected chi connectivity index (χ0v) is 11.7. The second kappa shape index (κ2) is 5.83. The van der Waals surface area contributed by atoms with Gasteiger partial charge in [-0.3, -0.25) is 0 Å². The fraction of sp³-hybridized carbons (Fsp3) is 0.571. The van der Waals surface area contributed by atoms with Crippen molar-refractivity contribution < 1.29 is 4.39 Å². The number of halogens is 2. The Morgan fingerprint density at radius 2 is 2.06 bits per heavy atom. The van der Waals surface area contributed by atoms with E-state index in [1.807, 2.05) is 7.05 Å². The Morgan fingerprint density at radius 3 is 2.53 bits per heavy atom. The number of hydrogen-bond acceptors (Lipinski definition) is 1. The minimum absolute atomic E-state index is 0.187. The summed E-state index contributed by atoms with van der Waals surface area (Å²) in [5.74, 6) is -0.283. The molecule has 0 saturated heterocycles. The molecule has 0 aliphatic carbocycles. The fourth-order valence-corrected chi connectivity index (χ4v) is 2.17. The van der Waals surface area contributed by atoms with Crippen LogP contribution in [0.4, 0.5) is 4.39 Å². The first-order valence-electron chi connectivity index (χ1n) is 6.02. The number of rotatable bonds is 5. The molecule has 0 aliphatic rings. The van der Waals surface area contributed by atoms with Crippen LogP contribution in [0.15, 0.2) is 18.2 Å². The fourth-order valence-electron chi connectivity index (χ4n) is 1.92. The average Bonchev–Trinajstić information content (AvgIpc) is 2.27. The summed E-state index contributed by atoms with van der Waals surface area (Å²) in [6.07, 6.45) is 1.90. The lowest BCUT2D eigenvalue weighted by Gasteiger charge is -2.33. The molecular weight excluding hydrogens is 237 g/mol. The third kappa shape index (κ3) is 3.68. The van der Waals surface area contributed by atoms with Crippen LogP contribution in [0.25, 0.3) is 0 Å². The predicted molar refractivity (Wildman–Crippen MR) is 72.0 cm³/mol. The summed E-state index contributed by atoms with van der Waals surface area (Å²) in [6, 6.07) is 4.94. The molecule has 1 unspecified atom stereocenters. The quantitative estimate of drug-likeness (QED) is 0.839. The average molecular weight is 258 g/mol. The van der Waals surface area contributed by atoms with E-state index in [4.69, 9.17) is 11.6 Å².